The summed E-state index contributed by atoms with van der Waals surface area (Å²) in [4.78, 5) is 29.0. The van der Waals surface area contributed by atoms with Crippen LogP contribution in [0.3, 0.4) is 0 Å². The number of benzene rings is 1. The number of rotatable bonds is 3. The van der Waals surface area contributed by atoms with Crippen LogP contribution in [0.15, 0.2) is 30.4 Å². The predicted octanol–water partition coefficient (Wildman–Crippen LogP) is 2.47. The molecule has 2 bridgehead atoms. The number of allylic oxidation sites excluding steroid dienone is 2. The van der Waals surface area contributed by atoms with Gasteiger partial charge in [-0.3, -0.25) is 9.59 Å². The van der Waals surface area contributed by atoms with E-state index >= 15 is 0 Å². The zero-order valence-electron chi connectivity index (χ0n) is 15.4. The van der Waals surface area contributed by atoms with Crippen LogP contribution < -0.4 is 4.90 Å². The van der Waals surface area contributed by atoms with Crippen LogP contribution in [0.4, 0.5) is 5.69 Å². The van der Waals surface area contributed by atoms with E-state index in [1.165, 1.54) is 16.8 Å². The molecular formula is C21H26N2O3. The molecule has 1 N–H and O–H groups in total. The van der Waals surface area contributed by atoms with Gasteiger partial charge >= 0.3 is 5.97 Å². The molecule has 1 aromatic rings. The molecule has 1 amide bonds. The number of amides is 1. The number of aliphatic carboxylic acids is 1. The molecule has 1 aromatic carbocycles. The predicted molar refractivity (Wildman–Crippen MR) is 100 cm³/mol. The van der Waals surface area contributed by atoms with E-state index in [1.54, 1.807) is 0 Å². The van der Waals surface area contributed by atoms with E-state index in [0.717, 1.165) is 19.5 Å². The molecular weight excluding hydrogens is 328 g/mol. The maximum absolute atomic E-state index is 13.1. The van der Waals surface area contributed by atoms with Gasteiger partial charge in [0, 0.05) is 31.9 Å². The minimum atomic E-state index is -0.825. The van der Waals surface area contributed by atoms with Crippen molar-refractivity contribution in [2.75, 3.05) is 31.1 Å². The van der Waals surface area contributed by atoms with Crippen LogP contribution in [0.2, 0.25) is 0 Å². The number of aryl methyl sites for hydroxylation is 1. The van der Waals surface area contributed by atoms with Gasteiger partial charge in [0.05, 0.1) is 11.8 Å². The number of piperazine rings is 1. The van der Waals surface area contributed by atoms with Gasteiger partial charge in [-0.25, -0.2) is 0 Å². The highest BCUT2D eigenvalue weighted by molar-refractivity contribution is 5.87. The summed E-state index contributed by atoms with van der Waals surface area (Å²) in [6.07, 6.45) is 4.86. The molecule has 2 fully saturated rings. The summed E-state index contributed by atoms with van der Waals surface area (Å²) in [6, 6.07) is 6.34. The number of hydrogen-bond acceptors (Lipinski definition) is 3. The fourth-order valence-corrected chi connectivity index (χ4v) is 4.95. The quantitative estimate of drug-likeness (QED) is 0.847. The van der Waals surface area contributed by atoms with E-state index in [4.69, 9.17) is 0 Å². The topological polar surface area (TPSA) is 60.9 Å². The Morgan fingerprint density at radius 3 is 2.31 bits per heavy atom. The Kier molecular flexibility index (Phi) is 4.25. The molecule has 0 unspecified atom stereocenters. The second-order valence-corrected chi connectivity index (χ2v) is 7.87. The van der Waals surface area contributed by atoms with Crippen molar-refractivity contribution in [1.82, 2.24) is 4.90 Å². The summed E-state index contributed by atoms with van der Waals surface area (Å²) in [5, 5.41) is 9.59. The van der Waals surface area contributed by atoms with Crippen LogP contribution in [0.25, 0.3) is 0 Å². The van der Waals surface area contributed by atoms with Gasteiger partial charge in [0.25, 0.3) is 0 Å². The van der Waals surface area contributed by atoms with Gasteiger partial charge in [-0.15, -0.1) is 0 Å². The fraction of sp³-hybridized carbons (Fsp3) is 0.524. The van der Waals surface area contributed by atoms with Crippen LogP contribution in [0.5, 0.6) is 0 Å². The van der Waals surface area contributed by atoms with Crippen molar-refractivity contribution in [3.8, 4) is 0 Å². The van der Waals surface area contributed by atoms with Crippen molar-refractivity contribution in [2.45, 2.75) is 20.3 Å². The molecule has 3 aliphatic rings. The van der Waals surface area contributed by atoms with Crippen LogP contribution in [-0.2, 0) is 9.59 Å². The molecule has 138 valence electrons. The van der Waals surface area contributed by atoms with Crippen molar-refractivity contribution in [1.29, 1.82) is 0 Å². The molecule has 0 aromatic heterocycles. The molecule has 1 heterocycles. The summed E-state index contributed by atoms with van der Waals surface area (Å²) >= 11 is 0. The molecule has 4 atom stereocenters. The number of carbonyl (C=O) groups excluding carboxylic acids is 1. The van der Waals surface area contributed by atoms with Crippen LogP contribution in [0, 0.1) is 37.5 Å². The average Bonchev–Trinajstić information content (AvgIpc) is 3.25. The second kappa shape index (κ2) is 6.45. The monoisotopic (exact) mass is 354 g/mol. The third kappa shape index (κ3) is 2.70. The number of anilines is 1. The lowest BCUT2D eigenvalue weighted by molar-refractivity contribution is -0.151. The van der Waals surface area contributed by atoms with E-state index in [-0.39, 0.29) is 23.7 Å². The molecule has 26 heavy (non-hydrogen) atoms. The summed E-state index contributed by atoms with van der Waals surface area (Å²) < 4.78 is 0. The first kappa shape index (κ1) is 17.1. The molecule has 1 saturated heterocycles. The van der Waals surface area contributed by atoms with Gasteiger partial charge in [-0.2, -0.15) is 0 Å². The highest BCUT2D eigenvalue weighted by Gasteiger charge is 2.52. The van der Waals surface area contributed by atoms with Gasteiger partial charge in [0.15, 0.2) is 0 Å². The zero-order chi connectivity index (χ0) is 18.4. The number of hydrogen-bond donors (Lipinski definition) is 1. The summed E-state index contributed by atoms with van der Waals surface area (Å²) in [5.74, 6) is -1.58. The Hall–Kier alpha value is -2.30. The minimum Gasteiger partial charge on any atom is -0.481 e. The zero-order valence-corrected chi connectivity index (χ0v) is 15.4. The van der Waals surface area contributed by atoms with Crippen molar-refractivity contribution in [2.24, 2.45) is 23.7 Å². The van der Waals surface area contributed by atoms with Crippen molar-refractivity contribution < 1.29 is 14.7 Å². The fourth-order valence-electron chi connectivity index (χ4n) is 4.95. The molecule has 1 aliphatic heterocycles. The minimum absolute atomic E-state index is 0.0303. The Labute approximate surface area is 154 Å². The average molecular weight is 354 g/mol. The smallest absolute Gasteiger partial charge is 0.307 e. The SMILES string of the molecule is Cc1cccc(N2CCN(C(=O)[C@H]3[C@@H](C(=O)O)[C@H]4C=C[C@@H]3C4)CC2)c1C. The molecule has 5 nitrogen and oxygen atoms in total. The number of nitrogens with zero attached hydrogens (tertiary/aromatic N) is 2. The molecule has 0 spiro atoms. The molecule has 0 radical (unpaired) electrons. The Balaban J connectivity index is 1.45. The lowest BCUT2D eigenvalue weighted by Gasteiger charge is -2.39. The van der Waals surface area contributed by atoms with E-state index in [2.05, 4.69) is 43.0 Å². The van der Waals surface area contributed by atoms with Crippen molar-refractivity contribution in [3.63, 3.8) is 0 Å². The first-order chi connectivity index (χ1) is 12.5. The Morgan fingerprint density at radius 2 is 1.65 bits per heavy atom. The highest BCUT2D eigenvalue weighted by Crippen LogP contribution is 2.48. The molecule has 2 aliphatic carbocycles. The van der Waals surface area contributed by atoms with Gasteiger partial charge in [-0.1, -0.05) is 24.3 Å². The number of carboxylic acid groups (broad SMARTS) is 1. The van der Waals surface area contributed by atoms with Gasteiger partial charge in [0.1, 0.15) is 0 Å². The van der Waals surface area contributed by atoms with Crippen LogP contribution >= 0.6 is 0 Å². The maximum Gasteiger partial charge on any atom is 0.307 e. The summed E-state index contributed by atoms with van der Waals surface area (Å²) in [7, 11) is 0. The second-order valence-electron chi connectivity index (χ2n) is 7.87. The third-order valence-corrected chi connectivity index (χ3v) is 6.54. The summed E-state index contributed by atoms with van der Waals surface area (Å²) in [5.41, 5.74) is 3.80. The van der Waals surface area contributed by atoms with Crippen molar-refractivity contribution >= 4 is 17.6 Å². The van der Waals surface area contributed by atoms with Crippen LogP contribution in [-0.4, -0.2) is 48.1 Å². The first-order valence-electron chi connectivity index (χ1n) is 9.48. The summed E-state index contributed by atoms with van der Waals surface area (Å²) in [6.45, 7) is 7.18. The van der Waals surface area contributed by atoms with E-state index < -0.39 is 11.9 Å². The molecule has 1 saturated carbocycles. The lowest BCUT2D eigenvalue weighted by Crippen LogP contribution is -2.52. The van der Waals surface area contributed by atoms with E-state index in [1.807, 2.05) is 11.0 Å². The first-order valence-corrected chi connectivity index (χ1v) is 9.48. The lowest BCUT2D eigenvalue weighted by atomic mass is 9.82. The molecule has 5 heteroatoms. The third-order valence-electron chi connectivity index (χ3n) is 6.54. The van der Waals surface area contributed by atoms with Gasteiger partial charge in [-0.05, 0) is 49.3 Å². The van der Waals surface area contributed by atoms with Gasteiger partial charge in [0.2, 0.25) is 5.91 Å². The largest absolute Gasteiger partial charge is 0.481 e. The Morgan fingerprint density at radius 1 is 1.00 bits per heavy atom. The van der Waals surface area contributed by atoms with Gasteiger partial charge < -0.3 is 14.9 Å². The highest BCUT2D eigenvalue weighted by atomic mass is 16.4. The van der Waals surface area contributed by atoms with Crippen molar-refractivity contribution in [3.05, 3.63) is 41.5 Å². The maximum atomic E-state index is 13.1. The number of carboxylic acids is 1. The normalized spacial score (nSPS) is 30.1. The molecule has 4 rings (SSSR count). The standard InChI is InChI=1S/C21H26N2O3/c1-13-4-3-5-17(14(13)2)22-8-10-23(11-9-22)20(24)18-15-6-7-16(12-15)19(18)21(25)26/h3-7,15-16,18-19H,8-12H2,1-2H3,(H,25,26)/t15-,16+,18-,19+/m1/s1. The van der Waals surface area contributed by atoms with Crippen LogP contribution in [0.1, 0.15) is 17.5 Å². The Bertz CT molecular complexity index is 765. The van der Waals surface area contributed by atoms with E-state index in [0.29, 0.717) is 13.1 Å². The number of fused-ring (bicyclic) bond motifs is 2. The number of carbonyl (C=O) groups is 2. The van der Waals surface area contributed by atoms with E-state index in [9.17, 15) is 14.7 Å².